The molecule has 0 aliphatic heterocycles. The first-order valence-corrected chi connectivity index (χ1v) is 10.9. The summed E-state index contributed by atoms with van der Waals surface area (Å²) in [5.74, 6) is 0. The number of rotatable bonds is 9. The lowest BCUT2D eigenvalue weighted by Crippen LogP contribution is -2.30. The molecule has 1 aromatic rings. The number of carbonyl (C=O) groups excluding carboxylic acids is 2. The fourth-order valence-corrected chi connectivity index (χ4v) is 3.06. The standard InChI is InChI=1S/C18H27N2O9P/c1-11(2)26-16(23)28-18(29-17(24)27-12(3)4)30(25)9-7-6-8-20-10-13(5)14(21)19-15(20)22/h6-7,10-12,18,30H,8-9H2,1-5H3,(H,19,21,22)/b7-6-. The van der Waals surface area contributed by atoms with Crippen LogP contribution in [0.3, 0.4) is 0 Å². The van der Waals surface area contributed by atoms with E-state index in [1.54, 1.807) is 34.6 Å². The normalized spacial score (nSPS) is 12.4. The highest BCUT2D eigenvalue weighted by atomic mass is 31.1. The first-order valence-electron chi connectivity index (χ1n) is 9.22. The van der Waals surface area contributed by atoms with E-state index in [9.17, 15) is 23.7 Å². The maximum Gasteiger partial charge on any atom is 0.512 e. The molecule has 0 bridgehead atoms. The van der Waals surface area contributed by atoms with Crippen LogP contribution in [0.25, 0.3) is 0 Å². The Morgan fingerprint density at radius 2 is 1.57 bits per heavy atom. The molecule has 168 valence electrons. The zero-order chi connectivity index (χ0) is 22.8. The molecule has 12 heteroatoms. The van der Waals surface area contributed by atoms with Crippen molar-refractivity contribution in [3.63, 3.8) is 0 Å². The lowest BCUT2D eigenvalue weighted by Gasteiger charge is -2.18. The molecule has 0 aliphatic carbocycles. The number of aromatic amines is 1. The largest absolute Gasteiger partial charge is 0.512 e. The van der Waals surface area contributed by atoms with Crippen molar-refractivity contribution in [3.05, 3.63) is 44.8 Å². The Bertz CT molecular complexity index is 878. The monoisotopic (exact) mass is 446 g/mol. The Morgan fingerprint density at radius 3 is 2.07 bits per heavy atom. The number of nitrogens with zero attached hydrogens (tertiary/aromatic N) is 1. The van der Waals surface area contributed by atoms with Crippen molar-refractivity contribution in [2.45, 2.75) is 59.4 Å². The zero-order valence-corrected chi connectivity index (χ0v) is 18.5. The molecule has 1 aromatic heterocycles. The van der Waals surface area contributed by atoms with E-state index < -0.39 is 49.6 Å². The molecule has 0 aromatic carbocycles. The maximum absolute atomic E-state index is 12.5. The highest BCUT2D eigenvalue weighted by molar-refractivity contribution is 7.45. The van der Waals surface area contributed by atoms with Gasteiger partial charge in [0.05, 0.1) is 12.2 Å². The molecule has 1 heterocycles. The van der Waals surface area contributed by atoms with Crippen molar-refractivity contribution in [2.24, 2.45) is 0 Å². The summed E-state index contributed by atoms with van der Waals surface area (Å²) in [6, 6.07) is -1.67. The van der Waals surface area contributed by atoms with Gasteiger partial charge < -0.3 is 23.5 Å². The topological polar surface area (TPSA) is 143 Å². The van der Waals surface area contributed by atoms with Crippen molar-refractivity contribution < 1.29 is 33.1 Å². The fraction of sp³-hybridized carbons (Fsp3) is 0.556. The van der Waals surface area contributed by atoms with Gasteiger partial charge in [-0.3, -0.25) is 14.3 Å². The number of carbonyl (C=O) groups is 2. The molecule has 0 spiro atoms. The Labute approximate surface area is 173 Å². The summed E-state index contributed by atoms with van der Waals surface area (Å²) in [5.41, 5.74) is -0.685. The van der Waals surface area contributed by atoms with Gasteiger partial charge in [0.15, 0.2) is 7.80 Å². The molecule has 0 aliphatic rings. The summed E-state index contributed by atoms with van der Waals surface area (Å²) in [5, 5.41) is 0. The van der Waals surface area contributed by atoms with Crippen LogP contribution in [-0.2, 0) is 30.1 Å². The van der Waals surface area contributed by atoms with Crippen LogP contribution in [0.15, 0.2) is 27.9 Å². The van der Waals surface area contributed by atoms with E-state index in [1.165, 1.54) is 22.9 Å². The molecule has 0 fully saturated rings. The molecule has 11 nitrogen and oxygen atoms in total. The quantitative estimate of drug-likeness (QED) is 0.262. The van der Waals surface area contributed by atoms with Crippen LogP contribution >= 0.6 is 7.80 Å². The van der Waals surface area contributed by atoms with Crippen LogP contribution in [0.4, 0.5) is 9.59 Å². The minimum absolute atomic E-state index is 0.0870. The third-order valence-electron chi connectivity index (χ3n) is 3.31. The average Bonchev–Trinajstić information content (AvgIpc) is 2.60. The van der Waals surface area contributed by atoms with Crippen molar-refractivity contribution in [1.29, 1.82) is 0 Å². The summed E-state index contributed by atoms with van der Waals surface area (Å²) in [7, 11) is -2.80. The lowest BCUT2D eigenvalue weighted by molar-refractivity contribution is -0.0715. The van der Waals surface area contributed by atoms with Crippen molar-refractivity contribution >= 4 is 20.1 Å². The van der Waals surface area contributed by atoms with Gasteiger partial charge in [-0.15, -0.1) is 0 Å². The van der Waals surface area contributed by atoms with E-state index in [2.05, 4.69) is 4.98 Å². The van der Waals surface area contributed by atoms with Crippen molar-refractivity contribution in [3.8, 4) is 0 Å². The van der Waals surface area contributed by atoms with Crippen LogP contribution in [0, 0.1) is 6.92 Å². The third kappa shape index (κ3) is 9.13. The Kier molecular flexibility index (Phi) is 10.1. The number of aryl methyl sites for hydroxylation is 1. The van der Waals surface area contributed by atoms with Crippen LogP contribution in [-0.4, -0.2) is 46.3 Å². The molecule has 1 atom stereocenters. The Hall–Kier alpha value is -2.81. The van der Waals surface area contributed by atoms with E-state index in [0.29, 0.717) is 5.56 Å². The molecule has 1 N–H and O–H groups in total. The summed E-state index contributed by atoms with van der Waals surface area (Å²) >= 11 is 0. The van der Waals surface area contributed by atoms with Crippen LogP contribution in [0.5, 0.6) is 0 Å². The summed E-state index contributed by atoms with van der Waals surface area (Å²) in [4.78, 5) is 48.7. The van der Waals surface area contributed by atoms with Gasteiger partial charge in [0.2, 0.25) is 0 Å². The predicted octanol–water partition coefficient (Wildman–Crippen LogP) is 2.37. The number of hydrogen-bond donors (Lipinski definition) is 1. The highest BCUT2D eigenvalue weighted by Gasteiger charge is 2.27. The van der Waals surface area contributed by atoms with E-state index in [1.807, 2.05) is 0 Å². The predicted molar refractivity (Wildman–Crippen MR) is 108 cm³/mol. The molecule has 0 radical (unpaired) electrons. The fourth-order valence-electron chi connectivity index (χ4n) is 2.01. The second-order valence-electron chi connectivity index (χ2n) is 6.77. The number of hydrogen-bond acceptors (Lipinski definition) is 9. The van der Waals surface area contributed by atoms with Gasteiger partial charge >= 0.3 is 24.0 Å². The van der Waals surface area contributed by atoms with Crippen LogP contribution in [0.2, 0.25) is 0 Å². The maximum atomic E-state index is 12.5. The van der Waals surface area contributed by atoms with E-state index >= 15 is 0 Å². The number of allylic oxidation sites excluding steroid dienone is 2. The Balaban J connectivity index is 2.77. The van der Waals surface area contributed by atoms with Gasteiger partial charge in [0.1, 0.15) is 0 Å². The minimum Gasteiger partial charge on any atom is -0.431 e. The van der Waals surface area contributed by atoms with Crippen molar-refractivity contribution in [2.75, 3.05) is 6.16 Å². The first kappa shape index (κ1) is 25.2. The number of nitrogens with one attached hydrogen (secondary N) is 1. The molecule has 1 rings (SSSR count). The van der Waals surface area contributed by atoms with Gasteiger partial charge in [-0.05, 0) is 34.6 Å². The SMILES string of the molecule is Cc1cn(C/C=C\C[PH](=O)C(OC(=O)OC(C)C)OC(=O)OC(C)C)c(=O)[nH]c1=O. The molecular weight excluding hydrogens is 419 g/mol. The first-order chi connectivity index (χ1) is 14.0. The molecular formula is C18H27N2O9P. The lowest BCUT2D eigenvalue weighted by atomic mass is 10.4. The number of aromatic nitrogens is 2. The molecule has 0 saturated carbocycles. The summed E-state index contributed by atoms with van der Waals surface area (Å²) in [6.07, 6.45) is 1.09. The number of H-pyrrole nitrogens is 1. The number of ether oxygens (including phenoxy) is 4. The van der Waals surface area contributed by atoms with Gasteiger partial charge in [0.25, 0.3) is 5.56 Å². The molecule has 30 heavy (non-hydrogen) atoms. The summed E-state index contributed by atoms with van der Waals surface area (Å²) < 4.78 is 33.1. The van der Waals surface area contributed by atoms with Gasteiger partial charge in [-0.2, -0.15) is 0 Å². The highest BCUT2D eigenvalue weighted by Crippen LogP contribution is 2.31. The van der Waals surface area contributed by atoms with E-state index in [-0.39, 0.29) is 12.7 Å². The van der Waals surface area contributed by atoms with Gasteiger partial charge in [-0.25, -0.2) is 14.4 Å². The minimum atomic E-state index is -2.80. The van der Waals surface area contributed by atoms with Crippen LogP contribution < -0.4 is 11.2 Å². The second kappa shape index (κ2) is 12.0. The van der Waals surface area contributed by atoms with Crippen LogP contribution in [0.1, 0.15) is 33.3 Å². The van der Waals surface area contributed by atoms with Gasteiger partial charge in [-0.1, -0.05) is 12.2 Å². The molecule has 0 saturated heterocycles. The Morgan fingerprint density at radius 1 is 1.03 bits per heavy atom. The third-order valence-corrected chi connectivity index (χ3v) is 4.71. The zero-order valence-electron chi connectivity index (χ0n) is 17.5. The summed E-state index contributed by atoms with van der Waals surface area (Å²) in [6.45, 7) is 8.05. The van der Waals surface area contributed by atoms with E-state index in [0.717, 1.165) is 0 Å². The second-order valence-corrected chi connectivity index (χ2v) is 8.58. The van der Waals surface area contributed by atoms with Crippen molar-refractivity contribution in [1.82, 2.24) is 9.55 Å². The van der Waals surface area contributed by atoms with Gasteiger partial charge in [0, 0.05) is 24.5 Å². The smallest absolute Gasteiger partial charge is 0.431 e. The molecule has 1 unspecified atom stereocenters. The molecule has 0 amide bonds. The average molecular weight is 446 g/mol. The van der Waals surface area contributed by atoms with E-state index in [4.69, 9.17) is 18.9 Å².